The zero-order valence-corrected chi connectivity index (χ0v) is 25.8. The Morgan fingerprint density at radius 3 is 1.47 bits per heavy atom. The Balaban J connectivity index is 1.33. The molecule has 1 unspecified atom stereocenters. The Bertz CT molecular complexity index is 1290. The molecular formula is C39H48N2O2. The molecule has 1 fully saturated rings. The molecule has 1 atom stereocenters. The van der Waals surface area contributed by atoms with Crippen molar-refractivity contribution in [1.29, 1.82) is 0 Å². The minimum Gasteiger partial charge on any atom is -0.457 e. The van der Waals surface area contributed by atoms with Gasteiger partial charge in [0.25, 0.3) is 0 Å². The Kier molecular flexibility index (Phi) is 10.7. The van der Waals surface area contributed by atoms with E-state index in [1.807, 2.05) is 48.5 Å². The first-order chi connectivity index (χ1) is 21.0. The van der Waals surface area contributed by atoms with Gasteiger partial charge in [-0.25, -0.2) is 0 Å². The molecule has 226 valence electrons. The van der Waals surface area contributed by atoms with Gasteiger partial charge in [0, 0.05) is 16.8 Å². The lowest BCUT2D eigenvalue weighted by atomic mass is 9.61. The molecule has 1 saturated carbocycles. The fourth-order valence-electron chi connectivity index (χ4n) is 6.74. The highest BCUT2D eigenvalue weighted by atomic mass is 16.5. The van der Waals surface area contributed by atoms with Crippen molar-refractivity contribution in [3.63, 3.8) is 0 Å². The Hall–Kier alpha value is -3.92. The Labute approximate surface area is 258 Å². The van der Waals surface area contributed by atoms with Gasteiger partial charge in [-0.3, -0.25) is 0 Å². The molecule has 43 heavy (non-hydrogen) atoms. The minimum absolute atomic E-state index is 0.0243. The highest BCUT2D eigenvalue weighted by Gasteiger charge is 2.39. The van der Waals surface area contributed by atoms with Crippen molar-refractivity contribution in [1.82, 2.24) is 0 Å². The summed E-state index contributed by atoms with van der Waals surface area (Å²) in [5.41, 5.74) is 15.9. The molecule has 4 N–H and O–H groups in total. The number of hydrogen-bond acceptors (Lipinski definition) is 4. The molecule has 0 heterocycles. The lowest BCUT2D eigenvalue weighted by molar-refractivity contribution is 0.240. The van der Waals surface area contributed by atoms with E-state index >= 15 is 0 Å². The summed E-state index contributed by atoms with van der Waals surface area (Å²) in [4.78, 5) is 0. The van der Waals surface area contributed by atoms with Crippen molar-refractivity contribution >= 4 is 11.4 Å². The SMILES string of the molecule is CCCCCCCCCC1CCCC(c2ccc(Oc3ccc(N)cc3)cc2)(c2ccc(Oc3ccc(N)cc3)cc2)C1. The van der Waals surface area contributed by atoms with Crippen molar-refractivity contribution in [2.24, 2.45) is 5.92 Å². The van der Waals surface area contributed by atoms with Crippen LogP contribution in [0.4, 0.5) is 11.4 Å². The van der Waals surface area contributed by atoms with Crippen LogP contribution in [0, 0.1) is 5.92 Å². The summed E-state index contributed by atoms with van der Waals surface area (Å²) < 4.78 is 12.3. The molecule has 1 aliphatic carbocycles. The van der Waals surface area contributed by atoms with Gasteiger partial charge in [0.1, 0.15) is 23.0 Å². The quantitative estimate of drug-likeness (QED) is 0.116. The molecule has 4 aromatic carbocycles. The van der Waals surface area contributed by atoms with Gasteiger partial charge in [0.2, 0.25) is 0 Å². The highest BCUT2D eigenvalue weighted by Crippen LogP contribution is 2.49. The van der Waals surface area contributed by atoms with Gasteiger partial charge in [-0.1, -0.05) is 95.4 Å². The number of nitrogen functional groups attached to an aromatic ring is 2. The number of unbranched alkanes of at least 4 members (excludes halogenated alkanes) is 6. The normalized spacial score (nSPS) is 16.1. The highest BCUT2D eigenvalue weighted by molar-refractivity contribution is 5.47. The van der Waals surface area contributed by atoms with E-state index in [-0.39, 0.29) is 5.41 Å². The second-order valence-corrected chi connectivity index (χ2v) is 12.3. The summed E-state index contributed by atoms with van der Waals surface area (Å²) in [6, 6.07) is 32.7. The van der Waals surface area contributed by atoms with E-state index in [1.165, 1.54) is 81.8 Å². The van der Waals surface area contributed by atoms with E-state index < -0.39 is 0 Å². The van der Waals surface area contributed by atoms with Crippen LogP contribution in [0.1, 0.15) is 95.1 Å². The zero-order chi connectivity index (χ0) is 29.9. The van der Waals surface area contributed by atoms with E-state index in [9.17, 15) is 0 Å². The fraction of sp³-hybridized carbons (Fsp3) is 0.385. The predicted octanol–water partition coefficient (Wildman–Crippen LogP) is 11.1. The van der Waals surface area contributed by atoms with Gasteiger partial charge in [-0.2, -0.15) is 0 Å². The summed E-state index contributed by atoms with van der Waals surface area (Å²) in [5, 5.41) is 0. The second-order valence-electron chi connectivity index (χ2n) is 12.3. The molecule has 0 bridgehead atoms. The van der Waals surface area contributed by atoms with Crippen LogP contribution in [0.15, 0.2) is 97.1 Å². The molecular weight excluding hydrogens is 528 g/mol. The first kappa shape index (κ1) is 30.5. The van der Waals surface area contributed by atoms with Gasteiger partial charge in [0.15, 0.2) is 0 Å². The first-order valence-electron chi connectivity index (χ1n) is 16.3. The van der Waals surface area contributed by atoms with E-state index in [2.05, 4.69) is 55.5 Å². The molecule has 0 spiro atoms. The lowest BCUT2D eigenvalue weighted by Gasteiger charge is -2.42. The van der Waals surface area contributed by atoms with E-state index in [0.29, 0.717) is 0 Å². The largest absolute Gasteiger partial charge is 0.457 e. The molecule has 0 aliphatic heterocycles. The summed E-state index contributed by atoms with van der Waals surface area (Å²) in [6.07, 6.45) is 15.8. The van der Waals surface area contributed by atoms with Gasteiger partial charge in [-0.15, -0.1) is 0 Å². The van der Waals surface area contributed by atoms with Crippen molar-refractivity contribution < 1.29 is 9.47 Å². The zero-order valence-electron chi connectivity index (χ0n) is 25.8. The maximum absolute atomic E-state index is 6.14. The minimum atomic E-state index is -0.0243. The smallest absolute Gasteiger partial charge is 0.127 e. The third kappa shape index (κ3) is 8.34. The topological polar surface area (TPSA) is 70.5 Å². The number of rotatable bonds is 14. The van der Waals surface area contributed by atoms with Crippen LogP contribution in [0.25, 0.3) is 0 Å². The number of benzene rings is 4. The molecule has 4 nitrogen and oxygen atoms in total. The number of ether oxygens (including phenoxy) is 2. The summed E-state index contributed by atoms with van der Waals surface area (Å²) >= 11 is 0. The van der Waals surface area contributed by atoms with Crippen molar-refractivity contribution in [3.8, 4) is 23.0 Å². The fourth-order valence-corrected chi connectivity index (χ4v) is 6.74. The average Bonchev–Trinajstić information content (AvgIpc) is 3.04. The number of nitrogens with two attached hydrogens (primary N) is 2. The van der Waals surface area contributed by atoms with Crippen LogP contribution in [0.5, 0.6) is 23.0 Å². The molecule has 0 amide bonds. The van der Waals surface area contributed by atoms with Crippen molar-refractivity contribution in [3.05, 3.63) is 108 Å². The summed E-state index contributed by atoms with van der Waals surface area (Å²) in [5.74, 6) is 4.00. The molecule has 4 aromatic rings. The third-order valence-corrected chi connectivity index (χ3v) is 9.11. The van der Waals surface area contributed by atoms with Crippen LogP contribution < -0.4 is 20.9 Å². The molecule has 5 rings (SSSR count). The number of anilines is 2. The van der Waals surface area contributed by atoms with Crippen LogP contribution in [-0.2, 0) is 5.41 Å². The van der Waals surface area contributed by atoms with Crippen LogP contribution >= 0.6 is 0 Å². The predicted molar refractivity (Wildman–Crippen MR) is 180 cm³/mol. The Morgan fingerprint density at radius 2 is 1.00 bits per heavy atom. The lowest BCUT2D eigenvalue weighted by Crippen LogP contribution is -2.34. The third-order valence-electron chi connectivity index (χ3n) is 9.11. The maximum atomic E-state index is 6.14. The molecule has 0 radical (unpaired) electrons. The molecule has 4 heteroatoms. The summed E-state index contributed by atoms with van der Waals surface area (Å²) in [7, 11) is 0. The molecule has 1 aliphatic rings. The molecule has 0 aromatic heterocycles. The van der Waals surface area contributed by atoms with Gasteiger partial charge in [-0.05, 0) is 103 Å². The van der Waals surface area contributed by atoms with E-state index in [0.717, 1.165) is 46.7 Å². The summed E-state index contributed by atoms with van der Waals surface area (Å²) in [6.45, 7) is 2.29. The average molecular weight is 577 g/mol. The van der Waals surface area contributed by atoms with Crippen LogP contribution in [-0.4, -0.2) is 0 Å². The first-order valence-corrected chi connectivity index (χ1v) is 16.3. The monoisotopic (exact) mass is 576 g/mol. The Morgan fingerprint density at radius 1 is 0.581 bits per heavy atom. The van der Waals surface area contributed by atoms with Gasteiger partial charge in [0.05, 0.1) is 0 Å². The van der Waals surface area contributed by atoms with Crippen LogP contribution in [0.3, 0.4) is 0 Å². The van der Waals surface area contributed by atoms with E-state index in [4.69, 9.17) is 20.9 Å². The maximum Gasteiger partial charge on any atom is 0.127 e. The molecule has 0 saturated heterocycles. The standard InChI is InChI=1S/C39H48N2O2/c1-2-3-4-5-6-7-8-10-30-11-9-28-39(29-30,31-12-20-35(21-13-31)42-37-24-16-33(40)17-25-37)32-14-22-36(23-15-32)43-38-26-18-34(41)19-27-38/h12-27,30H,2-11,28-29,40-41H2,1H3. The van der Waals surface area contributed by atoms with E-state index in [1.54, 1.807) is 0 Å². The number of hydrogen-bond donors (Lipinski definition) is 2. The van der Waals surface area contributed by atoms with Gasteiger partial charge >= 0.3 is 0 Å². The van der Waals surface area contributed by atoms with Crippen LogP contribution in [0.2, 0.25) is 0 Å². The van der Waals surface area contributed by atoms with Crippen molar-refractivity contribution in [2.75, 3.05) is 11.5 Å². The van der Waals surface area contributed by atoms with Gasteiger partial charge < -0.3 is 20.9 Å². The second kappa shape index (κ2) is 15.0. The van der Waals surface area contributed by atoms with Crippen molar-refractivity contribution in [2.45, 2.75) is 89.4 Å².